The summed E-state index contributed by atoms with van der Waals surface area (Å²) in [5.74, 6) is -1.24. The number of thioether (sulfide) groups is 1. The summed E-state index contributed by atoms with van der Waals surface area (Å²) in [4.78, 5) is 28.4. The van der Waals surface area contributed by atoms with Crippen LogP contribution in [0.4, 0.5) is 20.2 Å². The van der Waals surface area contributed by atoms with Crippen LogP contribution in [0.2, 0.25) is 0 Å². The Kier molecular flexibility index (Phi) is 4.36. The molecular formula is C23H16F2N2O2S. The maximum absolute atomic E-state index is 13.9. The Morgan fingerprint density at radius 2 is 1.67 bits per heavy atom. The molecule has 4 nitrogen and oxygen atoms in total. The van der Waals surface area contributed by atoms with Gasteiger partial charge in [-0.05, 0) is 42.0 Å². The lowest BCUT2D eigenvalue weighted by Crippen LogP contribution is -2.49. The molecule has 2 aliphatic rings. The molecular weight excluding hydrogens is 406 g/mol. The molecule has 30 heavy (non-hydrogen) atoms. The summed E-state index contributed by atoms with van der Waals surface area (Å²) in [6.07, 6.45) is 0. The number of halogens is 2. The quantitative estimate of drug-likeness (QED) is 0.627. The van der Waals surface area contributed by atoms with Gasteiger partial charge in [-0.1, -0.05) is 36.4 Å². The molecule has 2 amide bonds. The number of hydrogen-bond donors (Lipinski definition) is 0. The predicted molar refractivity (Wildman–Crippen MR) is 112 cm³/mol. The molecule has 0 bridgehead atoms. The summed E-state index contributed by atoms with van der Waals surface area (Å²) < 4.78 is 27.3. The minimum Gasteiger partial charge on any atom is -0.304 e. The first-order valence-electron chi connectivity index (χ1n) is 9.39. The van der Waals surface area contributed by atoms with Crippen LogP contribution in [-0.4, -0.2) is 17.6 Å². The van der Waals surface area contributed by atoms with E-state index in [0.29, 0.717) is 16.9 Å². The molecule has 0 radical (unpaired) electrons. The predicted octanol–water partition coefficient (Wildman–Crippen LogP) is 4.44. The lowest BCUT2D eigenvalue weighted by atomic mass is 10.0. The standard InChI is InChI=1S/C23H16F2N2O2S/c24-16-10-8-15(9-11-16)13-26-20-7-2-1-6-19(20)23(22(26)29)27(21(28)14-30-23)18-5-3-4-17(25)12-18/h1-12H,13-14H2. The van der Waals surface area contributed by atoms with E-state index in [2.05, 4.69) is 0 Å². The topological polar surface area (TPSA) is 40.6 Å². The number of para-hydroxylation sites is 1. The lowest BCUT2D eigenvalue weighted by molar-refractivity contribution is -0.123. The van der Waals surface area contributed by atoms with Crippen LogP contribution >= 0.6 is 11.8 Å². The van der Waals surface area contributed by atoms with E-state index < -0.39 is 10.7 Å². The summed E-state index contributed by atoms with van der Waals surface area (Å²) in [5.41, 5.74) is 2.49. The van der Waals surface area contributed by atoms with Gasteiger partial charge in [0.05, 0.1) is 18.0 Å². The van der Waals surface area contributed by atoms with E-state index in [4.69, 9.17) is 0 Å². The third-order valence-corrected chi connectivity index (χ3v) is 6.77. The summed E-state index contributed by atoms with van der Waals surface area (Å²) in [6, 6.07) is 19.0. The first kappa shape index (κ1) is 18.8. The Morgan fingerprint density at radius 3 is 2.43 bits per heavy atom. The number of nitrogens with zero attached hydrogens (tertiary/aromatic N) is 2. The van der Waals surface area contributed by atoms with E-state index in [1.54, 1.807) is 23.1 Å². The van der Waals surface area contributed by atoms with Gasteiger partial charge in [-0.2, -0.15) is 0 Å². The zero-order valence-corrected chi connectivity index (χ0v) is 16.5. The van der Waals surface area contributed by atoms with Crippen molar-refractivity contribution in [2.75, 3.05) is 15.6 Å². The molecule has 1 saturated heterocycles. The minimum atomic E-state index is -1.29. The maximum Gasteiger partial charge on any atom is 0.269 e. The Bertz CT molecular complexity index is 1170. The Balaban J connectivity index is 1.64. The van der Waals surface area contributed by atoms with Gasteiger partial charge in [-0.3, -0.25) is 14.5 Å². The molecule has 2 heterocycles. The minimum absolute atomic E-state index is 0.112. The first-order chi connectivity index (χ1) is 14.5. The van der Waals surface area contributed by atoms with Crippen molar-refractivity contribution < 1.29 is 18.4 Å². The zero-order valence-electron chi connectivity index (χ0n) is 15.7. The lowest BCUT2D eigenvalue weighted by Gasteiger charge is -2.33. The van der Waals surface area contributed by atoms with Crippen molar-refractivity contribution in [2.24, 2.45) is 0 Å². The van der Waals surface area contributed by atoms with E-state index in [0.717, 1.165) is 5.56 Å². The highest BCUT2D eigenvalue weighted by Gasteiger charge is 2.60. The van der Waals surface area contributed by atoms with Gasteiger partial charge < -0.3 is 4.90 Å². The summed E-state index contributed by atoms with van der Waals surface area (Å²) >= 11 is 1.24. The number of benzene rings is 3. The summed E-state index contributed by atoms with van der Waals surface area (Å²) in [6.45, 7) is 0.240. The number of carbonyl (C=O) groups excluding carboxylic acids is 2. The summed E-state index contributed by atoms with van der Waals surface area (Å²) in [5, 5.41) is 0. The van der Waals surface area contributed by atoms with Crippen LogP contribution in [0.15, 0.2) is 72.8 Å². The molecule has 2 aliphatic heterocycles. The van der Waals surface area contributed by atoms with Crippen LogP contribution < -0.4 is 9.80 Å². The monoisotopic (exact) mass is 422 g/mol. The van der Waals surface area contributed by atoms with E-state index in [1.807, 2.05) is 24.3 Å². The molecule has 0 aliphatic carbocycles. The average molecular weight is 422 g/mol. The largest absolute Gasteiger partial charge is 0.304 e. The highest BCUT2D eigenvalue weighted by atomic mass is 32.2. The molecule has 1 unspecified atom stereocenters. The number of amides is 2. The van der Waals surface area contributed by atoms with Crippen molar-refractivity contribution in [3.8, 4) is 0 Å². The van der Waals surface area contributed by atoms with Crippen molar-refractivity contribution >= 4 is 35.0 Å². The van der Waals surface area contributed by atoms with E-state index in [9.17, 15) is 18.4 Å². The molecule has 1 fully saturated rings. The first-order valence-corrected chi connectivity index (χ1v) is 10.4. The van der Waals surface area contributed by atoms with Crippen LogP contribution in [-0.2, 0) is 21.0 Å². The van der Waals surface area contributed by atoms with Gasteiger partial charge in [0.25, 0.3) is 5.91 Å². The van der Waals surface area contributed by atoms with Crippen LogP contribution in [0, 0.1) is 11.6 Å². The maximum atomic E-state index is 13.9. The molecule has 7 heteroatoms. The highest BCUT2D eigenvalue weighted by Crippen LogP contribution is 2.55. The second-order valence-corrected chi connectivity index (χ2v) is 8.34. The Morgan fingerprint density at radius 1 is 0.900 bits per heavy atom. The van der Waals surface area contributed by atoms with E-state index >= 15 is 0 Å². The van der Waals surface area contributed by atoms with Gasteiger partial charge in [0.1, 0.15) is 11.6 Å². The van der Waals surface area contributed by atoms with E-state index in [-0.39, 0.29) is 29.9 Å². The van der Waals surface area contributed by atoms with Gasteiger partial charge in [0.2, 0.25) is 10.8 Å². The van der Waals surface area contributed by atoms with Crippen LogP contribution in [0.25, 0.3) is 0 Å². The molecule has 1 atom stereocenters. The van der Waals surface area contributed by atoms with Gasteiger partial charge >= 0.3 is 0 Å². The average Bonchev–Trinajstić information content (AvgIpc) is 3.21. The third kappa shape index (κ3) is 2.73. The fraction of sp³-hybridized carbons (Fsp3) is 0.130. The van der Waals surface area contributed by atoms with Crippen molar-refractivity contribution in [1.82, 2.24) is 0 Å². The fourth-order valence-corrected chi connectivity index (χ4v) is 5.46. The molecule has 3 aromatic carbocycles. The third-order valence-electron chi connectivity index (χ3n) is 5.38. The SMILES string of the molecule is O=C1CSC2(C(=O)N(Cc3ccc(F)cc3)c3ccccc32)N1c1cccc(F)c1. The number of carbonyl (C=O) groups is 2. The number of anilines is 2. The Hall–Kier alpha value is -3.19. The molecule has 150 valence electrons. The van der Waals surface area contributed by atoms with Crippen LogP contribution in [0.3, 0.4) is 0 Å². The molecule has 5 rings (SSSR count). The van der Waals surface area contributed by atoms with Gasteiger partial charge in [-0.15, -0.1) is 11.8 Å². The van der Waals surface area contributed by atoms with Crippen LogP contribution in [0.1, 0.15) is 11.1 Å². The molecule has 3 aromatic rings. The molecule has 0 saturated carbocycles. The zero-order chi connectivity index (χ0) is 20.9. The molecule has 1 spiro atoms. The summed E-state index contributed by atoms with van der Waals surface area (Å²) in [7, 11) is 0. The number of fused-ring (bicyclic) bond motifs is 2. The number of rotatable bonds is 3. The molecule has 0 N–H and O–H groups in total. The second kappa shape index (κ2) is 6.95. The van der Waals surface area contributed by atoms with E-state index in [1.165, 1.54) is 47.0 Å². The van der Waals surface area contributed by atoms with Gasteiger partial charge in [0.15, 0.2) is 0 Å². The van der Waals surface area contributed by atoms with Gasteiger partial charge in [-0.25, -0.2) is 8.78 Å². The molecule has 0 aromatic heterocycles. The van der Waals surface area contributed by atoms with Crippen molar-refractivity contribution in [3.63, 3.8) is 0 Å². The normalized spacial score (nSPS) is 20.3. The van der Waals surface area contributed by atoms with Crippen molar-refractivity contribution in [3.05, 3.63) is 95.6 Å². The second-order valence-electron chi connectivity index (χ2n) is 7.18. The number of hydrogen-bond acceptors (Lipinski definition) is 3. The Labute approximate surface area is 176 Å². The van der Waals surface area contributed by atoms with Gasteiger partial charge in [0, 0.05) is 11.3 Å². The fourth-order valence-electron chi connectivity index (χ4n) is 4.10. The van der Waals surface area contributed by atoms with Crippen LogP contribution in [0.5, 0.6) is 0 Å². The smallest absolute Gasteiger partial charge is 0.269 e. The highest BCUT2D eigenvalue weighted by molar-refractivity contribution is 8.02. The van der Waals surface area contributed by atoms with Crippen molar-refractivity contribution in [2.45, 2.75) is 11.4 Å². The van der Waals surface area contributed by atoms with Crippen molar-refractivity contribution in [1.29, 1.82) is 0 Å².